The van der Waals surface area contributed by atoms with E-state index in [1.807, 2.05) is 6.07 Å². The zero-order valence-corrected chi connectivity index (χ0v) is 11.6. The molecule has 1 atom stereocenters. The van der Waals surface area contributed by atoms with Crippen molar-refractivity contribution in [3.8, 4) is 0 Å². The Labute approximate surface area is 115 Å². The highest BCUT2D eigenvalue weighted by atomic mass is 16.1. The van der Waals surface area contributed by atoms with Gasteiger partial charge in [-0.1, -0.05) is 24.3 Å². The average Bonchev–Trinajstić information content (AvgIpc) is 2.91. The molecule has 2 aliphatic heterocycles. The van der Waals surface area contributed by atoms with Gasteiger partial charge in [0.15, 0.2) is 5.78 Å². The highest BCUT2D eigenvalue weighted by molar-refractivity contribution is 5.88. The summed E-state index contributed by atoms with van der Waals surface area (Å²) in [6, 6.07) is 8.41. The maximum absolute atomic E-state index is 12.4. The van der Waals surface area contributed by atoms with Crippen molar-refractivity contribution in [2.24, 2.45) is 0 Å². The molecule has 1 aromatic rings. The Morgan fingerprint density at radius 2 is 2.05 bits per heavy atom. The summed E-state index contributed by atoms with van der Waals surface area (Å²) in [5, 5.41) is 3.52. The Kier molecular flexibility index (Phi) is 3.42. The third-order valence-electron chi connectivity index (χ3n) is 4.56. The molecular weight excluding hydrogens is 236 g/mol. The molecule has 0 amide bonds. The molecule has 3 heteroatoms. The van der Waals surface area contributed by atoms with E-state index >= 15 is 0 Å². The van der Waals surface area contributed by atoms with Crippen LogP contribution < -0.4 is 5.32 Å². The lowest BCUT2D eigenvalue weighted by Gasteiger charge is -2.40. The zero-order valence-electron chi connectivity index (χ0n) is 11.6. The quantitative estimate of drug-likeness (QED) is 0.896. The second-order valence-corrected chi connectivity index (χ2v) is 5.78. The number of fused-ring (bicyclic) bond motifs is 1. The van der Waals surface area contributed by atoms with Gasteiger partial charge in [0.2, 0.25) is 0 Å². The molecule has 1 unspecified atom stereocenters. The molecule has 0 spiro atoms. The van der Waals surface area contributed by atoms with E-state index in [9.17, 15) is 4.79 Å². The maximum atomic E-state index is 12.4. The minimum Gasteiger partial charge on any atom is -0.301 e. The number of Topliss-reactive ketones (excluding diaryl/α,β-unsaturated/α-hetero) is 1. The molecule has 102 valence electrons. The Morgan fingerprint density at radius 3 is 2.79 bits per heavy atom. The van der Waals surface area contributed by atoms with E-state index in [-0.39, 0.29) is 5.78 Å². The van der Waals surface area contributed by atoms with E-state index in [0.29, 0.717) is 0 Å². The van der Waals surface area contributed by atoms with Gasteiger partial charge in [0, 0.05) is 13.1 Å². The van der Waals surface area contributed by atoms with Crippen molar-refractivity contribution in [1.29, 1.82) is 0 Å². The summed E-state index contributed by atoms with van der Waals surface area (Å²) in [5.74, 6) is 0.242. The van der Waals surface area contributed by atoms with Crippen LogP contribution in [-0.2, 0) is 16.8 Å². The van der Waals surface area contributed by atoms with Crippen molar-refractivity contribution in [3.63, 3.8) is 0 Å². The minimum absolute atomic E-state index is 0.242. The fourth-order valence-corrected chi connectivity index (χ4v) is 3.50. The Morgan fingerprint density at radius 1 is 1.32 bits per heavy atom. The first-order valence-corrected chi connectivity index (χ1v) is 7.29. The Balaban J connectivity index is 1.99. The molecule has 3 nitrogen and oxygen atoms in total. The van der Waals surface area contributed by atoms with Crippen LogP contribution in [0.1, 0.15) is 30.9 Å². The number of carbonyl (C=O) groups is 1. The van der Waals surface area contributed by atoms with Crippen molar-refractivity contribution >= 4 is 5.78 Å². The zero-order chi connectivity index (χ0) is 13.3. The molecule has 1 aromatic carbocycles. The number of rotatable bonds is 3. The van der Waals surface area contributed by atoms with Gasteiger partial charge < -0.3 is 4.90 Å². The summed E-state index contributed by atoms with van der Waals surface area (Å²) >= 11 is 0. The largest absolute Gasteiger partial charge is 0.301 e. The topological polar surface area (TPSA) is 32.3 Å². The minimum atomic E-state index is -0.487. The summed E-state index contributed by atoms with van der Waals surface area (Å²) in [5.41, 5.74) is 2.04. The third-order valence-corrected chi connectivity index (χ3v) is 4.56. The number of carbonyl (C=O) groups excluding carboxylic acids is 1. The lowest BCUT2D eigenvalue weighted by Crippen LogP contribution is -2.58. The van der Waals surface area contributed by atoms with Gasteiger partial charge in [0.05, 0.1) is 0 Å². The summed E-state index contributed by atoms with van der Waals surface area (Å²) < 4.78 is 0. The fraction of sp³-hybridized carbons (Fsp3) is 0.562. The van der Waals surface area contributed by atoms with Gasteiger partial charge in [-0.05, 0) is 50.4 Å². The molecule has 1 saturated heterocycles. The number of benzene rings is 1. The van der Waals surface area contributed by atoms with Gasteiger partial charge in [-0.3, -0.25) is 10.1 Å². The molecule has 0 radical (unpaired) electrons. The highest BCUT2D eigenvalue weighted by Crippen LogP contribution is 2.31. The number of likely N-dealkylation sites (tertiary alicyclic amines) is 1. The van der Waals surface area contributed by atoms with Gasteiger partial charge in [0.1, 0.15) is 5.54 Å². The number of hydrogen-bond acceptors (Lipinski definition) is 3. The van der Waals surface area contributed by atoms with Crippen LogP contribution in [0.25, 0.3) is 0 Å². The van der Waals surface area contributed by atoms with Crippen LogP contribution in [0.2, 0.25) is 0 Å². The van der Waals surface area contributed by atoms with Crippen molar-refractivity contribution in [2.75, 3.05) is 26.2 Å². The van der Waals surface area contributed by atoms with E-state index in [4.69, 9.17) is 0 Å². The van der Waals surface area contributed by atoms with E-state index in [1.54, 1.807) is 6.92 Å². The van der Waals surface area contributed by atoms with Crippen molar-refractivity contribution in [2.45, 2.75) is 31.7 Å². The van der Waals surface area contributed by atoms with E-state index in [1.165, 1.54) is 24.0 Å². The van der Waals surface area contributed by atoms with Crippen molar-refractivity contribution in [3.05, 3.63) is 35.4 Å². The molecule has 19 heavy (non-hydrogen) atoms. The predicted octanol–water partition coefficient (Wildman–Crippen LogP) is 1.71. The van der Waals surface area contributed by atoms with Crippen LogP contribution in [0.5, 0.6) is 0 Å². The number of ketones is 1. The van der Waals surface area contributed by atoms with Crippen LogP contribution in [0.3, 0.4) is 0 Å². The molecule has 0 aliphatic carbocycles. The number of nitrogens with zero attached hydrogens (tertiary/aromatic N) is 1. The van der Waals surface area contributed by atoms with Crippen LogP contribution in [0.15, 0.2) is 24.3 Å². The van der Waals surface area contributed by atoms with Gasteiger partial charge >= 0.3 is 0 Å². The second kappa shape index (κ2) is 5.06. The SMILES string of the molecule is CC(=O)C1(CN2CCCC2)NCCc2ccccc21. The summed E-state index contributed by atoms with van der Waals surface area (Å²) in [4.78, 5) is 14.8. The van der Waals surface area contributed by atoms with E-state index in [0.717, 1.165) is 32.6 Å². The molecule has 0 bridgehead atoms. The first-order chi connectivity index (χ1) is 9.22. The maximum Gasteiger partial charge on any atom is 0.155 e. The smallest absolute Gasteiger partial charge is 0.155 e. The molecule has 3 rings (SSSR count). The molecule has 1 fully saturated rings. The average molecular weight is 258 g/mol. The lowest BCUT2D eigenvalue weighted by molar-refractivity contribution is -0.124. The summed E-state index contributed by atoms with van der Waals surface area (Å²) in [7, 11) is 0. The molecule has 1 N–H and O–H groups in total. The van der Waals surface area contributed by atoms with Gasteiger partial charge in [-0.15, -0.1) is 0 Å². The second-order valence-electron chi connectivity index (χ2n) is 5.78. The third kappa shape index (κ3) is 2.21. The van der Waals surface area contributed by atoms with Crippen LogP contribution in [0, 0.1) is 0 Å². The van der Waals surface area contributed by atoms with Gasteiger partial charge in [0.25, 0.3) is 0 Å². The van der Waals surface area contributed by atoms with Crippen LogP contribution in [-0.4, -0.2) is 36.9 Å². The summed E-state index contributed by atoms with van der Waals surface area (Å²) in [6.45, 7) is 5.69. The monoisotopic (exact) mass is 258 g/mol. The standard InChI is InChI=1S/C16H22N2O/c1-13(19)16(12-18-10-4-5-11-18)15-7-3-2-6-14(15)8-9-17-16/h2-3,6-7,17H,4-5,8-12H2,1H3. The fourth-order valence-electron chi connectivity index (χ4n) is 3.50. The lowest BCUT2D eigenvalue weighted by atomic mass is 9.79. The molecular formula is C16H22N2O. The van der Waals surface area contributed by atoms with Gasteiger partial charge in [-0.25, -0.2) is 0 Å². The molecule has 2 aliphatic rings. The van der Waals surface area contributed by atoms with Crippen LogP contribution >= 0.6 is 0 Å². The number of nitrogens with one attached hydrogen (secondary N) is 1. The number of hydrogen-bond donors (Lipinski definition) is 1. The van der Waals surface area contributed by atoms with Crippen molar-refractivity contribution in [1.82, 2.24) is 10.2 Å². The Bertz CT molecular complexity index is 479. The first kappa shape index (κ1) is 12.8. The highest BCUT2D eigenvalue weighted by Gasteiger charge is 2.42. The molecule has 2 heterocycles. The predicted molar refractivity (Wildman–Crippen MR) is 76.2 cm³/mol. The Hall–Kier alpha value is -1.19. The van der Waals surface area contributed by atoms with E-state index in [2.05, 4.69) is 28.4 Å². The molecule has 0 saturated carbocycles. The first-order valence-electron chi connectivity index (χ1n) is 7.29. The van der Waals surface area contributed by atoms with E-state index < -0.39 is 5.54 Å². The van der Waals surface area contributed by atoms with Gasteiger partial charge in [-0.2, -0.15) is 0 Å². The normalized spacial score (nSPS) is 27.2. The van der Waals surface area contributed by atoms with Crippen molar-refractivity contribution < 1.29 is 4.79 Å². The summed E-state index contributed by atoms with van der Waals surface area (Å²) in [6.07, 6.45) is 3.54. The van der Waals surface area contributed by atoms with Crippen LogP contribution in [0.4, 0.5) is 0 Å². The molecule has 0 aromatic heterocycles.